The predicted molar refractivity (Wildman–Crippen MR) is 61.4 cm³/mol. The lowest BCUT2D eigenvalue weighted by atomic mass is 10.1. The van der Waals surface area contributed by atoms with Crippen molar-refractivity contribution in [1.82, 2.24) is 9.80 Å². The van der Waals surface area contributed by atoms with Crippen molar-refractivity contribution in [2.45, 2.75) is 31.3 Å². The van der Waals surface area contributed by atoms with Crippen molar-refractivity contribution in [3.63, 3.8) is 0 Å². The number of hydrogen-bond acceptors (Lipinski definition) is 4. The van der Waals surface area contributed by atoms with Crippen molar-refractivity contribution in [2.75, 3.05) is 26.2 Å². The van der Waals surface area contributed by atoms with Gasteiger partial charge in [0.05, 0.1) is 12.5 Å². The minimum atomic E-state index is -1.02. The zero-order chi connectivity index (χ0) is 12.4. The highest BCUT2D eigenvalue weighted by atomic mass is 16.4. The maximum absolute atomic E-state index is 11.9. The van der Waals surface area contributed by atoms with Gasteiger partial charge in [0.2, 0.25) is 5.91 Å². The van der Waals surface area contributed by atoms with Gasteiger partial charge in [0, 0.05) is 25.7 Å². The van der Waals surface area contributed by atoms with E-state index in [2.05, 4.69) is 4.90 Å². The van der Waals surface area contributed by atoms with Gasteiger partial charge in [0.25, 0.3) is 0 Å². The van der Waals surface area contributed by atoms with Crippen molar-refractivity contribution in [2.24, 2.45) is 5.73 Å². The molecule has 96 valence electrons. The van der Waals surface area contributed by atoms with E-state index in [9.17, 15) is 9.59 Å². The molecule has 0 saturated carbocycles. The van der Waals surface area contributed by atoms with Gasteiger partial charge in [0.15, 0.2) is 0 Å². The van der Waals surface area contributed by atoms with E-state index in [1.54, 1.807) is 4.90 Å². The van der Waals surface area contributed by atoms with Crippen molar-refractivity contribution < 1.29 is 14.7 Å². The van der Waals surface area contributed by atoms with Gasteiger partial charge in [-0.1, -0.05) is 0 Å². The van der Waals surface area contributed by atoms with E-state index in [4.69, 9.17) is 10.8 Å². The lowest BCUT2D eigenvalue weighted by molar-refractivity contribution is -0.143. The zero-order valence-electron chi connectivity index (χ0n) is 9.84. The number of amides is 1. The number of hydrogen-bond donors (Lipinski definition) is 2. The topological polar surface area (TPSA) is 86.9 Å². The minimum Gasteiger partial charge on any atom is -0.481 e. The molecular formula is C11H19N3O3. The largest absolute Gasteiger partial charge is 0.481 e. The summed E-state index contributed by atoms with van der Waals surface area (Å²) in [6.45, 7) is 3.37. The lowest BCUT2D eigenvalue weighted by Gasteiger charge is -2.38. The number of nitrogens with two attached hydrogens (primary N) is 1. The molecule has 2 saturated heterocycles. The fourth-order valence-electron chi connectivity index (χ4n) is 2.70. The summed E-state index contributed by atoms with van der Waals surface area (Å²) >= 11 is 0. The molecule has 3 N–H and O–H groups in total. The molecule has 2 aliphatic heterocycles. The van der Waals surface area contributed by atoms with Gasteiger partial charge in [-0.2, -0.15) is 0 Å². The first-order valence-corrected chi connectivity index (χ1v) is 6.08. The molecule has 6 heteroatoms. The fourth-order valence-corrected chi connectivity index (χ4v) is 2.70. The summed E-state index contributed by atoms with van der Waals surface area (Å²) < 4.78 is 0. The molecule has 0 aliphatic carbocycles. The van der Waals surface area contributed by atoms with Crippen molar-refractivity contribution >= 4 is 11.9 Å². The van der Waals surface area contributed by atoms with E-state index >= 15 is 0 Å². The van der Waals surface area contributed by atoms with E-state index in [0.717, 1.165) is 19.5 Å². The molecule has 2 rings (SSSR count). The Balaban J connectivity index is 1.89. The standard InChI is InChI=1S/C11H19N3O3/c12-9(6-10(15)16)11(17)14-5-4-13-3-1-2-8(13)7-14/h8-9H,1-7,12H2,(H,15,16). The van der Waals surface area contributed by atoms with E-state index in [0.29, 0.717) is 19.1 Å². The molecule has 2 unspecified atom stereocenters. The van der Waals surface area contributed by atoms with Crippen LogP contribution in [-0.2, 0) is 9.59 Å². The van der Waals surface area contributed by atoms with Gasteiger partial charge >= 0.3 is 5.97 Å². The van der Waals surface area contributed by atoms with Crippen LogP contribution in [0, 0.1) is 0 Å². The number of carboxylic acids is 1. The van der Waals surface area contributed by atoms with Gasteiger partial charge in [-0.05, 0) is 19.4 Å². The van der Waals surface area contributed by atoms with Crippen LogP contribution in [-0.4, -0.2) is 65.0 Å². The molecule has 17 heavy (non-hydrogen) atoms. The quantitative estimate of drug-likeness (QED) is 0.668. The van der Waals surface area contributed by atoms with Crippen molar-refractivity contribution in [3.05, 3.63) is 0 Å². The molecule has 0 aromatic heterocycles. The highest BCUT2D eigenvalue weighted by Gasteiger charge is 2.34. The molecule has 2 atom stereocenters. The summed E-state index contributed by atoms with van der Waals surface area (Å²) in [5, 5.41) is 8.62. The second kappa shape index (κ2) is 5.01. The normalized spacial score (nSPS) is 26.6. The zero-order valence-corrected chi connectivity index (χ0v) is 9.84. The Bertz CT molecular complexity index is 321. The number of piperazine rings is 1. The Hall–Kier alpha value is -1.14. The Kier molecular flexibility index (Phi) is 3.63. The maximum atomic E-state index is 11.9. The van der Waals surface area contributed by atoms with Crippen LogP contribution in [0.5, 0.6) is 0 Å². The number of carbonyl (C=O) groups is 2. The second-order valence-corrected chi connectivity index (χ2v) is 4.82. The van der Waals surface area contributed by atoms with Crippen LogP contribution in [0.25, 0.3) is 0 Å². The average molecular weight is 241 g/mol. The molecular weight excluding hydrogens is 222 g/mol. The fraction of sp³-hybridized carbons (Fsp3) is 0.818. The van der Waals surface area contributed by atoms with Gasteiger partial charge in [-0.3, -0.25) is 14.5 Å². The smallest absolute Gasteiger partial charge is 0.305 e. The Labute approximate surface area is 100 Å². The van der Waals surface area contributed by atoms with Crippen LogP contribution in [0.1, 0.15) is 19.3 Å². The third kappa shape index (κ3) is 2.76. The number of rotatable bonds is 3. The summed E-state index contributed by atoms with van der Waals surface area (Å²) in [5.74, 6) is -1.25. The average Bonchev–Trinajstić information content (AvgIpc) is 2.73. The molecule has 2 heterocycles. The van der Waals surface area contributed by atoms with Crippen LogP contribution in [0.2, 0.25) is 0 Å². The van der Waals surface area contributed by atoms with Crippen LogP contribution in [0.3, 0.4) is 0 Å². The molecule has 0 aromatic carbocycles. The third-order valence-corrected chi connectivity index (χ3v) is 3.61. The van der Waals surface area contributed by atoms with E-state index < -0.39 is 12.0 Å². The van der Waals surface area contributed by atoms with Gasteiger partial charge in [-0.15, -0.1) is 0 Å². The van der Waals surface area contributed by atoms with Crippen LogP contribution in [0.15, 0.2) is 0 Å². The molecule has 6 nitrogen and oxygen atoms in total. The highest BCUT2D eigenvalue weighted by molar-refractivity contribution is 5.86. The van der Waals surface area contributed by atoms with Crippen molar-refractivity contribution in [3.8, 4) is 0 Å². The highest BCUT2D eigenvalue weighted by Crippen LogP contribution is 2.21. The molecule has 1 amide bonds. The summed E-state index contributed by atoms with van der Waals surface area (Å²) in [7, 11) is 0. The summed E-state index contributed by atoms with van der Waals surface area (Å²) in [4.78, 5) is 26.6. The second-order valence-electron chi connectivity index (χ2n) is 4.82. The van der Waals surface area contributed by atoms with Crippen molar-refractivity contribution in [1.29, 1.82) is 0 Å². The molecule has 0 aromatic rings. The molecule has 2 fully saturated rings. The summed E-state index contributed by atoms with van der Waals surface area (Å²) in [6.07, 6.45) is 2.02. The van der Waals surface area contributed by atoms with Crippen LogP contribution >= 0.6 is 0 Å². The summed E-state index contributed by atoms with van der Waals surface area (Å²) in [6, 6.07) is -0.454. The molecule has 2 aliphatic rings. The maximum Gasteiger partial charge on any atom is 0.305 e. The van der Waals surface area contributed by atoms with E-state index in [1.807, 2.05) is 0 Å². The first kappa shape index (κ1) is 12.3. The van der Waals surface area contributed by atoms with E-state index in [-0.39, 0.29) is 12.3 Å². The SMILES string of the molecule is NC(CC(=O)O)C(=O)N1CCN2CCCC2C1. The number of nitrogens with zero attached hydrogens (tertiary/aromatic N) is 2. The van der Waals surface area contributed by atoms with Crippen LogP contribution < -0.4 is 5.73 Å². The minimum absolute atomic E-state index is 0.223. The Morgan fingerprint density at radius 3 is 2.82 bits per heavy atom. The lowest BCUT2D eigenvalue weighted by Crippen LogP contribution is -2.55. The molecule has 0 radical (unpaired) electrons. The number of carboxylic acid groups (broad SMARTS) is 1. The predicted octanol–water partition coefficient (Wildman–Crippen LogP) is -0.905. The van der Waals surface area contributed by atoms with Gasteiger partial charge < -0.3 is 15.7 Å². The summed E-state index contributed by atoms with van der Waals surface area (Å²) in [5.41, 5.74) is 5.60. The Morgan fingerprint density at radius 1 is 1.35 bits per heavy atom. The monoisotopic (exact) mass is 241 g/mol. The van der Waals surface area contributed by atoms with Gasteiger partial charge in [0.1, 0.15) is 0 Å². The van der Waals surface area contributed by atoms with Gasteiger partial charge in [-0.25, -0.2) is 0 Å². The number of aliphatic carboxylic acids is 1. The van der Waals surface area contributed by atoms with E-state index in [1.165, 1.54) is 6.42 Å². The molecule has 0 bridgehead atoms. The third-order valence-electron chi connectivity index (χ3n) is 3.61. The first-order chi connectivity index (χ1) is 8.08. The van der Waals surface area contributed by atoms with Crippen LogP contribution in [0.4, 0.5) is 0 Å². The molecule has 0 spiro atoms. The number of carbonyl (C=O) groups excluding carboxylic acids is 1. The first-order valence-electron chi connectivity index (χ1n) is 6.08. The number of fused-ring (bicyclic) bond motifs is 1. The Morgan fingerprint density at radius 2 is 2.12 bits per heavy atom.